The van der Waals surface area contributed by atoms with Crippen LogP contribution in [-0.4, -0.2) is 25.0 Å². The van der Waals surface area contributed by atoms with E-state index in [2.05, 4.69) is 29.6 Å². The number of rotatable bonds is 7. The lowest BCUT2D eigenvalue weighted by Gasteiger charge is -2.14. The second-order valence-corrected chi connectivity index (χ2v) is 8.16. The fourth-order valence-corrected chi connectivity index (χ4v) is 4.53. The molecule has 0 radical (unpaired) electrons. The predicted molar refractivity (Wildman–Crippen MR) is 121 cm³/mol. The lowest BCUT2D eigenvalue weighted by atomic mass is 9.98. The Morgan fingerprint density at radius 1 is 1.07 bits per heavy atom. The SMILES string of the molecule is CC(=O)c1cc(C=CCCNC(=O)OCC2c3ccccc3-c3ccccc32)cs1. The van der Waals surface area contributed by atoms with Crippen molar-refractivity contribution in [2.24, 2.45) is 0 Å². The monoisotopic (exact) mass is 417 g/mol. The van der Waals surface area contributed by atoms with Crippen molar-refractivity contribution in [3.63, 3.8) is 0 Å². The highest BCUT2D eigenvalue weighted by atomic mass is 32.1. The van der Waals surface area contributed by atoms with E-state index in [0.29, 0.717) is 19.6 Å². The standard InChI is InChI=1S/C25H23NO3S/c1-17(27)24-14-18(16-30-24)8-6-7-13-26-25(28)29-15-23-21-11-4-2-9-19(21)20-10-3-5-12-22(20)23/h2-6,8-12,14,16,23H,7,13,15H2,1H3,(H,26,28). The van der Waals surface area contributed by atoms with Gasteiger partial charge in [0.15, 0.2) is 5.78 Å². The van der Waals surface area contributed by atoms with Gasteiger partial charge in [0.1, 0.15) is 6.61 Å². The van der Waals surface area contributed by atoms with Crippen LogP contribution in [-0.2, 0) is 4.74 Å². The van der Waals surface area contributed by atoms with Crippen LogP contribution < -0.4 is 5.32 Å². The Balaban J connectivity index is 1.26. The van der Waals surface area contributed by atoms with Crippen LogP contribution in [0.2, 0.25) is 0 Å². The van der Waals surface area contributed by atoms with Crippen molar-refractivity contribution in [3.05, 3.63) is 87.6 Å². The molecular formula is C25H23NO3S. The van der Waals surface area contributed by atoms with E-state index in [-0.39, 0.29) is 11.7 Å². The third kappa shape index (κ3) is 4.36. The topological polar surface area (TPSA) is 55.4 Å². The first-order chi connectivity index (χ1) is 14.6. The van der Waals surface area contributed by atoms with Crippen LogP contribution in [0.5, 0.6) is 0 Å². The van der Waals surface area contributed by atoms with Gasteiger partial charge in [0, 0.05) is 12.5 Å². The molecule has 0 unspecified atom stereocenters. The van der Waals surface area contributed by atoms with E-state index >= 15 is 0 Å². The van der Waals surface area contributed by atoms with Crippen LogP contribution in [0.25, 0.3) is 17.2 Å². The molecule has 3 aromatic rings. The molecule has 0 saturated heterocycles. The van der Waals surface area contributed by atoms with Gasteiger partial charge in [-0.1, -0.05) is 60.7 Å². The molecule has 2 aromatic carbocycles. The van der Waals surface area contributed by atoms with Gasteiger partial charge >= 0.3 is 6.09 Å². The number of ketones is 1. The molecule has 30 heavy (non-hydrogen) atoms. The highest BCUT2D eigenvalue weighted by Crippen LogP contribution is 2.44. The van der Waals surface area contributed by atoms with Crippen LogP contribution in [0.15, 0.2) is 66.1 Å². The van der Waals surface area contributed by atoms with Gasteiger partial charge in [0.25, 0.3) is 0 Å². The maximum Gasteiger partial charge on any atom is 0.407 e. The molecular weight excluding hydrogens is 394 g/mol. The van der Waals surface area contributed by atoms with Crippen LogP contribution in [0, 0.1) is 0 Å². The second kappa shape index (κ2) is 9.09. The molecule has 0 fully saturated rings. The highest BCUT2D eigenvalue weighted by Gasteiger charge is 2.28. The van der Waals surface area contributed by atoms with E-state index in [1.165, 1.54) is 33.6 Å². The van der Waals surface area contributed by atoms with Crippen LogP contribution in [0.4, 0.5) is 4.79 Å². The summed E-state index contributed by atoms with van der Waals surface area (Å²) in [6.07, 6.45) is 4.23. The first kappa shape index (κ1) is 20.1. The van der Waals surface area contributed by atoms with E-state index in [1.54, 1.807) is 6.92 Å². The zero-order valence-electron chi connectivity index (χ0n) is 16.8. The Kier molecular flexibility index (Phi) is 6.10. The quantitative estimate of drug-likeness (QED) is 0.385. The van der Waals surface area contributed by atoms with Crippen molar-refractivity contribution in [3.8, 4) is 11.1 Å². The van der Waals surface area contributed by atoms with Crippen molar-refractivity contribution in [2.45, 2.75) is 19.3 Å². The summed E-state index contributed by atoms with van der Waals surface area (Å²) >= 11 is 1.44. The van der Waals surface area contributed by atoms with Crippen LogP contribution in [0.3, 0.4) is 0 Å². The van der Waals surface area contributed by atoms with Crippen molar-refractivity contribution in [1.29, 1.82) is 0 Å². The summed E-state index contributed by atoms with van der Waals surface area (Å²) < 4.78 is 5.52. The van der Waals surface area contributed by atoms with Crippen LogP contribution in [0.1, 0.15) is 45.6 Å². The number of benzene rings is 2. The summed E-state index contributed by atoms with van der Waals surface area (Å²) in [4.78, 5) is 24.2. The number of carbonyl (C=O) groups excluding carboxylic acids is 2. The molecule has 4 rings (SSSR count). The van der Waals surface area contributed by atoms with Gasteiger partial charge < -0.3 is 10.1 Å². The van der Waals surface area contributed by atoms with Gasteiger partial charge in [-0.3, -0.25) is 4.79 Å². The van der Waals surface area contributed by atoms with Gasteiger partial charge in [0.05, 0.1) is 4.88 Å². The lowest BCUT2D eigenvalue weighted by molar-refractivity contribution is 0.102. The molecule has 1 aliphatic carbocycles. The average molecular weight is 418 g/mol. The normalized spacial score (nSPS) is 12.6. The molecule has 1 aliphatic rings. The van der Waals surface area contributed by atoms with Crippen molar-refractivity contribution in [2.75, 3.05) is 13.2 Å². The van der Waals surface area contributed by atoms with E-state index < -0.39 is 6.09 Å². The number of nitrogens with one attached hydrogen (secondary N) is 1. The van der Waals surface area contributed by atoms with Gasteiger partial charge in [-0.25, -0.2) is 4.79 Å². The summed E-state index contributed by atoms with van der Waals surface area (Å²) in [6, 6.07) is 18.4. The Morgan fingerprint density at radius 2 is 1.73 bits per heavy atom. The minimum atomic E-state index is -0.403. The summed E-state index contributed by atoms with van der Waals surface area (Å²) in [7, 11) is 0. The lowest BCUT2D eigenvalue weighted by Crippen LogP contribution is -2.26. The Hall–Kier alpha value is -3.18. The molecule has 0 saturated carbocycles. The third-order valence-electron chi connectivity index (χ3n) is 5.20. The maximum atomic E-state index is 12.1. The first-order valence-corrected chi connectivity index (χ1v) is 10.9. The van der Waals surface area contributed by atoms with Crippen molar-refractivity contribution >= 4 is 29.3 Å². The highest BCUT2D eigenvalue weighted by molar-refractivity contribution is 7.12. The van der Waals surface area contributed by atoms with Gasteiger partial charge in [-0.2, -0.15) is 0 Å². The molecule has 152 valence electrons. The van der Waals surface area contributed by atoms with E-state index in [0.717, 1.165) is 10.4 Å². The summed E-state index contributed by atoms with van der Waals surface area (Å²) in [5, 5.41) is 4.75. The predicted octanol–water partition coefficient (Wildman–Crippen LogP) is 5.89. The number of thiophene rings is 1. The zero-order chi connectivity index (χ0) is 20.9. The smallest absolute Gasteiger partial charge is 0.407 e. The van der Waals surface area contributed by atoms with E-state index in [9.17, 15) is 9.59 Å². The van der Waals surface area contributed by atoms with E-state index in [1.807, 2.05) is 47.9 Å². The molecule has 0 aliphatic heterocycles. The second-order valence-electron chi connectivity index (χ2n) is 7.24. The zero-order valence-corrected chi connectivity index (χ0v) is 17.6. The largest absolute Gasteiger partial charge is 0.449 e. The average Bonchev–Trinajstić information content (AvgIpc) is 3.35. The van der Waals surface area contributed by atoms with Crippen LogP contribution >= 0.6 is 11.3 Å². The first-order valence-electron chi connectivity index (χ1n) is 9.98. The Labute approximate surface area is 180 Å². The number of carbonyl (C=O) groups is 2. The molecule has 1 N–H and O–H groups in total. The number of ether oxygens (including phenoxy) is 1. The number of Topliss-reactive ketones (excluding diaryl/α,β-unsaturated/α-hetero) is 1. The number of fused-ring (bicyclic) bond motifs is 3. The fourth-order valence-electron chi connectivity index (χ4n) is 3.75. The molecule has 5 heteroatoms. The molecule has 0 atom stereocenters. The minimum Gasteiger partial charge on any atom is -0.449 e. The molecule has 1 aromatic heterocycles. The number of hydrogen-bond acceptors (Lipinski definition) is 4. The summed E-state index contributed by atoms with van der Waals surface area (Å²) in [5.74, 6) is 0.147. The minimum absolute atomic E-state index is 0.0668. The van der Waals surface area contributed by atoms with Crippen molar-refractivity contribution < 1.29 is 14.3 Å². The van der Waals surface area contributed by atoms with Crippen molar-refractivity contribution in [1.82, 2.24) is 5.32 Å². The summed E-state index contributed by atoms with van der Waals surface area (Å²) in [5.41, 5.74) is 5.85. The fraction of sp³-hybridized carbons (Fsp3) is 0.200. The number of hydrogen-bond donors (Lipinski definition) is 1. The van der Waals surface area contributed by atoms with Gasteiger partial charge in [0.2, 0.25) is 0 Å². The number of amides is 1. The Morgan fingerprint density at radius 3 is 2.37 bits per heavy atom. The maximum absolute atomic E-state index is 12.1. The number of alkyl carbamates (subject to hydrolysis) is 1. The Bertz CT molecular complexity index is 1050. The molecule has 0 bridgehead atoms. The van der Waals surface area contributed by atoms with Gasteiger partial charge in [-0.05, 0) is 52.6 Å². The van der Waals surface area contributed by atoms with Gasteiger partial charge in [-0.15, -0.1) is 11.3 Å². The summed E-state index contributed by atoms with van der Waals surface area (Å²) in [6.45, 7) is 2.38. The molecule has 0 spiro atoms. The molecule has 4 nitrogen and oxygen atoms in total. The van der Waals surface area contributed by atoms with E-state index in [4.69, 9.17) is 4.74 Å². The molecule has 1 amide bonds. The third-order valence-corrected chi connectivity index (χ3v) is 6.25. The molecule has 1 heterocycles.